The third-order valence-electron chi connectivity index (χ3n) is 2.86. The van der Waals surface area contributed by atoms with Gasteiger partial charge in [0.2, 0.25) is 0 Å². The minimum atomic E-state index is -0.484. The Morgan fingerprint density at radius 1 is 1.50 bits per heavy atom. The summed E-state index contributed by atoms with van der Waals surface area (Å²) in [6.45, 7) is 11.5. The highest BCUT2D eigenvalue weighted by Gasteiger charge is 2.23. The molecule has 0 aliphatic carbocycles. The van der Waals surface area contributed by atoms with Crippen molar-refractivity contribution in [2.75, 3.05) is 13.1 Å². The maximum absolute atomic E-state index is 12.1. The normalized spacial score (nSPS) is 11.3. The molecule has 1 N–H and O–H groups in total. The number of hydrogen-bond donors (Lipinski definition) is 1. The summed E-state index contributed by atoms with van der Waals surface area (Å²) in [6, 6.07) is 4.09. The second-order valence-electron chi connectivity index (χ2n) is 6.36. The van der Waals surface area contributed by atoms with Crippen LogP contribution in [0, 0.1) is 11.3 Å². The lowest BCUT2D eigenvalue weighted by atomic mass is 10.2. The lowest BCUT2D eigenvalue weighted by molar-refractivity contribution is 0.0193. The Kier molecular flexibility index (Phi) is 6.85. The van der Waals surface area contributed by atoms with E-state index in [2.05, 4.69) is 11.4 Å². The summed E-state index contributed by atoms with van der Waals surface area (Å²) < 4.78 is 5.42. The fourth-order valence-corrected chi connectivity index (χ4v) is 2.60. The molecule has 0 saturated heterocycles. The molecule has 0 aromatic carbocycles. The minimum absolute atomic E-state index is 0.0866. The maximum Gasteiger partial charge on any atom is 0.410 e. The molecule has 0 spiro atoms. The largest absolute Gasteiger partial charge is 0.444 e. The molecule has 0 bridgehead atoms. The first-order valence-corrected chi connectivity index (χ1v) is 8.28. The summed E-state index contributed by atoms with van der Waals surface area (Å²) in [7, 11) is 0. The van der Waals surface area contributed by atoms with Crippen molar-refractivity contribution in [3.05, 3.63) is 21.9 Å². The molecule has 0 fully saturated rings. The van der Waals surface area contributed by atoms with Crippen molar-refractivity contribution in [2.24, 2.45) is 0 Å². The zero-order valence-corrected chi connectivity index (χ0v) is 14.8. The first-order valence-electron chi connectivity index (χ1n) is 7.41. The smallest absolute Gasteiger partial charge is 0.410 e. The van der Waals surface area contributed by atoms with E-state index >= 15 is 0 Å². The molecule has 0 radical (unpaired) electrons. The number of nitriles is 1. The second kappa shape index (κ2) is 8.16. The molecule has 0 aliphatic heterocycles. The molecule has 6 heteroatoms. The van der Waals surface area contributed by atoms with Gasteiger partial charge in [-0.2, -0.15) is 5.26 Å². The Bertz CT molecular complexity index is 526. The van der Waals surface area contributed by atoms with E-state index in [4.69, 9.17) is 10.00 Å². The Morgan fingerprint density at radius 2 is 2.18 bits per heavy atom. The fourth-order valence-electron chi connectivity index (χ4n) is 1.82. The number of hydrogen-bond acceptors (Lipinski definition) is 5. The van der Waals surface area contributed by atoms with Crippen LogP contribution in [0.5, 0.6) is 0 Å². The lowest BCUT2D eigenvalue weighted by Gasteiger charge is -2.30. The molecule has 0 aliphatic rings. The van der Waals surface area contributed by atoms with Crippen LogP contribution in [0.25, 0.3) is 0 Å². The van der Waals surface area contributed by atoms with Crippen molar-refractivity contribution in [3.63, 3.8) is 0 Å². The van der Waals surface area contributed by atoms with Gasteiger partial charge in [-0.05, 0) is 40.7 Å². The highest BCUT2D eigenvalue weighted by atomic mass is 32.1. The number of nitrogens with zero attached hydrogens (tertiary/aromatic N) is 2. The number of nitrogens with one attached hydrogen (secondary N) is 1. The molecule has 5 nitrogen and oxygen atoms in total. The third kappa shape index (κ3) is 6.46. The van der Waals surface area contributed by atoms with Crippen molar-refractivity contribution in [1.82, 2.24) is 10.2 Å². The quantitative estimate of drug-likeness (QED) is 0.815. The zero-order valence-electron chi connectivity index (χ0n) is 14.0. The molecule has 1 rings (SSSR count). The molecule has 1 heterocycles. The van der Waals surface area contributed by atoms with E-state index in [0.29, 0.717) is 25.2 Å². The summed E-state index contributed by atoms with van der Waals surface area (Å²) in [4.78, 5) is 15.0. The molecule has 0 saturated carbocycles. The molecule has 22 heavy (non-hydrogen) atoms. The second-order valence-corrected chi connectivity index (χ2v) is 7.35. The Balaban J connectivity index is 2.41. The zero-order chi connectivity index (χ0) is 16.8. The number of thiophene rings is 1. The topological polar surface area (TPSA) is 65.4 Å². The van der Waals surface area contributed by atoms with E-state index in [-0.39, 0.29) is 12.1 Å². The van der Waals surface area contributed by atoms with Crippen molar-refractivity contribution in [1.29, 1.82) is 5.26 Å². The van der Waals surface area contributed by atoms with E-state index in [1.807, 2.05) is 46.1 Å². The Labute approximate surface area is 136 Å². The van der Waals surface area contributed by atoms with Crippen LogP contribution in [-0.2, 0) is 11.3 Å². The van der Waals surface area contributed by atoms with Gasteiger partial charge in [-0.1, -0.05) is 0 Å². The highest BCUT2D eigenvalue weighted by Crippen LogP contribution is 2.14. The first-order chi connectivity index (χ1) is 10.2. The number of carbonyl (C=O) groups excluding carboxylic acids is 1. The molecule has 0 atom stereocenters. The van der Waals surface area contributed by atoms with Crippen LogP contribution < -0.4 is 5.32 Å². The minimum Gasteiger partial charge on any atom is -0.444 e. The van der Waals surface area contributed by atoms with Crippen LogP contribution in [0.1, 0.15) is 45.1 Å². The molecular formula is C16H25N3O2S. The highest BCUT2D eigenvalue weighted by molar-refractivity contribution is 7.10. The fraction of sp³-hybridized carbons (Fsp3) is 0.625. The molecule has 1 aromatic rings. The van der Waals surface area contributed by atoms with Gasteiger partial charge in [0.1, 0.15) is 11.7 Å². The van der Waals surface area contributed by atoms with Gasteiger partial charge >= 0.3 is 6.09 Å². The number of amides is 1. The maximum atomic E-state index is 12.1. The van der Waals surface area contributed by atoms with Gasteiger partial charge < -0.3 is 15.0 Å². The number of carbonyl (C=O) groups is 1. The van der Waals surface area contributed by atoms with Crippen LogP contribution in [0.15, 0.2) is 11.4 Å². The van der Waals surface area contributed by atoms with Crippen molar-refractivity contribution < 1.29 is 9.53 Å². The predicted octanol–water partition coefficient (Wildman–Crippen LogP) is 3.35. The van der Waals surface area contributed by atoms with E-state index in [1.54, 1.807) is 16.2 Å². The van der Waals surface area contributed by atoms with Crippen LogP contribution in [0.4, 0.5) is 4.79 Å². The van der Waals surface area contributed by atoms with Gasteiger partial charge in [0.15, 0.2) is 0 Å². The standard InChI is InChI=1S/C16H25N3O2S/c1-12(2)19(15(20)21-16(3,4)5)7-6-18-10-14-8-13(9-17)11-22-14/h8,11-12,18H,6-7,10H2,1-5H3. The van der Waals surface area contributed by atoms with E-state index in [9.17, 15) is 4.79 Å². The van der Waals surface area contributed by atoms with Crippen LogP contribution in [0.2, 0.25) is 0 Å². The van der Waals surface area contributed by atoms with E-state index in [0.717, 1.165) is 4.88 Å². The van der Waals surface area contributed by atoms with Crippen LogP contribution in [0.3, 0.4) is 0 Å². The van der Waals surface area contributed by atoms with Crippen LogP contribution >= 0.6 is 11.3 Å². The van der Waals surface area contributed by atoms with E-state index < -0.39 is 5.60 Å². The number of ether oxygens (including phenoxy) is 1. The van der Waals surface area contributed by atoms with Crippen LogP contribution in [-0.4, -0.2) is 35.7 Å². The summed E-state index contributed by atoms with van der Waals surface area (Å²) in [5.74, 6) is 0. The van der Waals surface area contributed by atoms with Gasteiger partial charge in [0.25, 0.3) is 0 Å². The van der Waals surface area contributed by atoms with Gasteiger partial charge in [-0.25, -0.2) is 4.79 Å². The van der Waals surface area contributed by atoms with Gasteiger partial charge in [0.05, 0.1) is 5.56 Å². The Morgan fingerprint density at radius 3 is 2.68 bits per heavy atom. The lowest BCUT2D eigenvalue weighted by Crippen LogP contribution is -2.44. The summed E-state index contributed by atoms with van der Waals surface area (Å²) in [6.07, 6.45) is -0.285. The molecule has 1 aromatic heterocycles. The summed E-state index contributed by atoms with van der Waals surface area (Å²) in [5, 5.41) is 13.9. The third-order valence-corrected chi connectivity index (χ3v) is 3.80. The number of rotatable bonds is 6. The molecular weight excluding hydrogens is 298 g/mol. The van der Waals surface area contributed by atoms with Crippen molar-refractivity contribution in [2.45, 2.75) is 52.8 Å². The predicted molar refractivity (Wildman–Crippen MR) is 88.8 cm³/mol. The van der Waals surface area contributed by atoms with E-state index in [1.165, 1.54) is 0 Å². The molecule has 1 amide bonds. The monoisotopic (exact) mass is 323 g/mol. The average Bonchev–Trinajstić information content (AvgIpc) is 2.83. The SMILES string of the molecule is CC(C)N(CCNCc1cc(C#N)cs1)C(=O)OC(C)(C)C. The van der Waals surface area contributed by atoms with Crippen molar-refractivity contribution >= 4 is 17.4 Å². The summed E-state index contributed by atoms with van der Waals surface area (Å²) >= 11 is 1.56. The molecule has 122 valence electrons. The van der Waals surface area contributed by atoms with Gasteiger partial charge in [-0.15, -0.1) is 11.3 Å². The Hall–Kier alpha value is -1.58. The van der Waals surface area contributed by atoms with Gasteiger partial charge in [-0.3, -0.25) is 0 Å². The average molecular weight is 323 g/mol. The molecule has 0 unspecified atom stereocenters. The van der Waals surface area contributed by atoms with Gasteiger partial charge in [0, 0.05) is 35.9 Å². The van der Waals surface area contributed by atoms with Crippen molar-refractivity contribution in [3.8, 4) is 6.07 Å². The first kappa shape index (κ1) is 18.5. The summed E-state index contributed by atoms with van der Waals surface area (Å²) in [5.41, 5.74) is 0.210.